The van der Waals surface area contributed by atoms with E-state index in [1.165, 1.54) is 21.2 Å². The third-order valence-electron chi connectivity index (χ3n) is 3.22. The van der Waals surface area contributed by atoms with Crippen LogP contribution in [0.3, 0.4) is 0 Å². The van der Waals surface area contributed by atoms with Crippen LogP contribution in [0.4, 0.5) is 11.4 Å². The Bertz CT molecular complexity index is 552. The number of para-hydroxylation sites is 1. The lowest BCUT2D eigenvalue weighted by molar-refractivity contribution is 0.411. The number of benzene rings is 1. The molecule has 1 aromatic carbocycles. The van der Waals surface area contributed by atoms with Crippen molar-refractivity contribution in [2.75, 3.05) is 18.1 Å². The molecule has 0 saturated carbocycles. The second kappa shape index (κ2) is 4.00. The highest BCUT2D eigenvalue weighted by atomic mass is 32.2. The van der Waals surface area contributed by atoms with Crippen molar-refractivity contribution in [1.29, 1.82) is 0 Å². The van der Waals surface area contributed by atoms with E-state index >= 15 is 0 Å². The van der Waals surface area contributed by atoms with E-state index in [-0.39, 0.29) is 0 Å². The first-order valence-corrected chi connectivity index (χ1v) is 6.83. The Labute approximate surface area is 110 Å². The molecule has 3 nitrogen and oxygen atoms in total. The molecule has 1 atom stereocenters. The molecule has 0 unspecified atom stereocenters. The molecule has 1 fully saturated rings. The van der Waals surface area contributed by atoms with Crippen LogP contribution in [0, 0.1) is 0 Å². The van der Waals surface area contributed by atoms with Crippen LogP contribution in [0.25, 0.3) is 0 Å². The summed E-state index contributed by atoms with van der Waals surface area (Å²) in [4.78, 5) is 9.08. The first-order chi connectivity index (χ1) is 8.92. The summed E-state index contributed by atoms with van der Waals surface area (Å²) in [6.45, 7) is 1.81. The van der Waals surface area contributed by atoms with Gasteiger partial charge >= 0.3 is 0 Å². The summed E-state index contributed by atoms with van der Waals surface area (Å²) in [7, 11) is 0. The topological polar surface area (TPSA) is 28.7 Å². The maximum Gasteiger partial charge on any atom is 0.0988 e. The Hall–Kier alpha value is -1.52. The minimum atomic E-state index is 0.377. The number of fused-ring (bicyclic) bond motifs is 2. The van der Waals surface area contributed by atoms with Crippen molar-refractivity contribution in [2.45, 2.75) is 15.9 Å². The van der Waals surface area contributed by atoms with Gasteiger partial charge in [0.1, 0.15) is 0 Å². The van der Waals surface area contributed by atoms with E-state index in [9.17, 15) is 0 Å². The Balaban J connectivity index is 1.83. The lowest BCUT2D eigenvalue weighted by atomic mass is 10.2. The first kappa shape index (κ1) is 10.4. The average molecular weight is 256 g/mol. The Morgan fingerprint density at radius 3 is 2.94 bits per heavy atom. The van der Waals surface area contributed by atoms with Gasteiger partial charge in [-0.25, -0.2) is 0 Å². The summed E-state index contributed by atoms with van der Waals surface area (Å²) in [5.74, 6) is 0. The van der Waals surface area contributed by atoms with Crippen LogP contribution >= 0.6 is 11.8 Å². The number of anilines is 2. The lowest BCUT2D eigenvalue weighted by Gasteiger charge is -2.31. The van der Waals surface area contributed by atoms with Crippen LogP contribution < -0.4 is 4.90 Å². The first-order valence-electron chi connectivity index (χ1n) is 6.02. The normalized spacial score (nSPS) is 20.2. The van der Waals surface area contributed by atoms with E-state index in [1.54, 1.807) is 11.8 Å². The molecule has 90 valence electrons. The maximum atomic E-state index is 5.38. The SMILES string of the molecule is c1ccc2c(c1)Sc1cnccc1N2C[C@@H]1CO1. The highest BCUT2D eigenvalue weighted by Gasteiger charge is 2.30. The van der Waals surface area contributed by atoms with Gasteiger partial charge in [-0.1, -0.05) is 23.9 Å². The number of hydrogen-bond donors (Lipinski definition) is 0. The highest BCUT2D eigenvalue weighted by Crippen LogP contribution is 2.47. The summed E-state index contributed by atoms with van der Waals surface area (Å²) in [5, 5.41) is 0. The van der Waals surface area contributed by atoms with Gasteiger partial charge in [0, 0.05) is 17.3 Å². The van der Waals surface area contributed by atoms with E-state index in [0.29, 0.717) is 6.10 Å². The Kier molecular flexibility index (Phi) is 2.31. The van der Waals surface area contributed by atoms with Gasteiger partial charge < -0.3 is 9.64 Å². The summed E-state index contributed by atoms with van der Waals surface area (Å²) in [5.41, 5.74) is 2.51. The highest BCUT2D eigenvalue weighted by molar-refractivity contribution is 7.99. The zero-order valence-electron chi connectivity index (χ0n) is 9.74. The number of aromatic nitrogens is 1. The van der Waals surface area contributed by atoms with Gasteiger partial charge in [0.2, 0.25) is 0 Å². The predicted molar refractivity (Wildman–Crippen MR) is 71.5 cm³/mol. The number of hydrogen-bond acceptors (Lipinski definition) is 4. The molecule has 4 heteroatoms. The fourth-order valence-corrected chi connectivity index (χ4v) is 3.33. The lowest BCUT2D eigenvalue weighted by Crippen LogP contribution is -2.25. The second-order valence-corrected chi connectivity index (χ2v) is 5.56. The third kappa shape index (κ3) is 1.69. The van der Waals surface area contributed by atoms with E-state index in [1.807, 2.05) is 12.4 Å². The number of epoxide rings is 1. The molecule has 0 bridgehead atoms. The fourth-order valence-electron chi connectivity index (χ4n) is 2.26. The van der Waals surface area contributed by atoms with Gasteiger partial charge in [0.15, 0.2) is 0 Å². The minimum Gasteiger partial charge on any atom is -0.371 e. The van der Waals surface area contributed by atoms with Crippen molar-refractivity contribution in [1.82, 2.24) is 4.98 Å². The molecule has 1 saturated heterocycles. The van der Waals surface area contributed by atoms with E-state index in [2.05, 4.69) is 40.2 Å². The molecule has 0 radical (unpaired) electrons. The summed E-state index contributed by atoms with van der Waals surface area (Å²) < 4.78 is 5.38. The summed E-state index contributed by atoms with van der Waals surface area (Å²) in [6, 6.07) is 10.6. The standard InChI is InChI=1S/C14H12N2OS/c1-2-4-13-11(3-1)16(8-10-9-17-10)12-5-6-15-7-14(12)18-13/h1-7,10H,8-9H2/t10-/m1/s1. The van der Waals surface area contributed by atoms with E-state index in [4.69, 9.17) is 4.74 Å². The van der Waals surface area contributed by atoms with Crippen molar-refractivity contribution in [3.8, 4) is 0 Å². The van der Waals surface area contributed by atoms with Gasteiger partial charge in [0.05, 0.1) is 35.5 Å². The number of rotatable bonds is 2. The maximum absolute atomic E-state index is 5.38. The Morgan fingerprint density at radius 1 is 1.22 bits per heavy atom. The van der Waals surface area contributed by atoms with Gasteiger partial charge in [-0.3, -0.25) is 4.98 Å². The zero-order chi connectivity index (χ0) is 11.9. The van der Waals surface area contributed by atoms with Crippen molar-refractivity contribution in [3.63, 3.8) is 0 Å². The van der Waals surface area contributed by atoms with Crippen molar-refractivity contribution >= 4 is 23.1 Å². The molecular formula is C14H12N2OS. The molecule has 0 aliphatic carbocycles. The van der Waals surface area contributed by atoms with Crippen LogP contribution in [0.5, 0.6) is 0 Å². The molecule has 3 heterocycles. The third-order valence-corrected chi connectivity index (χ3v) is 4.32. The van der Waals surface area contributed by atoms with E-state index in [0.717, 1.165) is 13.2 Å². The van der Waals surface area contributed by atoms with Crippen molar-refractivity contribution < 1.29 is 4.74 Å². The molecule has 2 aliphatic rings. The largest absolute Gasteiger partial charge is 0.371 e. The predicted octanol–water partition coefficient (Wildman–Crippen LogP) is 3.08. The Morgan fingerprint density at radius 2 is 2.06 bits per heavy atom. The zero-order valence-corrected chi connectivity index (χ0v) is 10.6. The number of nitrogens with zero attached hydrogens (tertiary/aromatic N) is 2. The molecule has 0 amide bonds. The van der Waals surface area contributed by atoms with Crippen LogP contribution in [0.2, 0.25) is 0 Å². The van der Waals surface area contributed by atoms with Crippen LogP contribution in [-0.4, -0.2) is 24.2 Å². The molecule has 2 aliphatic heterocycles. The van der Waals surface area contributed by atoms with Gasteiger partial charge in [-0.15, -0.1) is 0 Å². The van der Waals surface area contributed by atoms with Crippen molar-refractivity contribution in [3.05, 3.63) is 42.7 Å². The van der Waals surface area contributed by atoms with Gasteiger partial charge in [-0.2, -0.15) is 0 Å². The molecule has 0 spiro atoms. The molecule has 4 rings (SSSR count). The average Bonchev–Trinajstić information content (AvgIpc) is 3.22. The van der Waals surface area contributed by atoms with Crippen LogP contribution in [-0.2, 0) is 4.74 Å². The second-order valence-electron chi connectivity index (χ2n) is 4.48. The number of pyridine rings is 1. The van der Waals surface area contributed by atoms with E-state index < -0.39 is 0 Å². The summed E-state index contributed by atoms with van der Waals surface area (Å²) in [6.07, 6.45) is 4.17. The minimum absolute atomic E-state index is 0.377. The van der Waals surface area contributed by atoms with Gasteiger partial charge in [-0.05, 0) is 18.2 Å². The van der Waals surface area contributed by atoms with Crippen molar-refractivity contribution in [2.24, 2.45) is 0 Å². The molecule has 0 N–H and O–H groups in total. The molecular weight excluding hydrogens is 244 g/mol. The summed E-state index contributed by atoms with van der Waals surface area (Å²) >= 11 is 1.79. The molecule has 2 aromatic rings. The van der Waals surface area contributed by atoms with Crippen LogP contribution in [0.1, 0.15) is 0 Å². The number of ether oxygens (including phenoxy) is 1. The molecule has 18 heavy (non-hydrogen) atoms. The van der Waals surface area contributed by atoms with Crippen LogP contribution in [0.15, 0.2) is 52.5 Å². The fraction of sp³-hybridized carbons (Fsp3) is 0.214. The quantitative estimate of drug-likeness (QED) is 0.772. The molecule has 1 aromatic heterocycles. The smallest absolute Gasteiger partial charge is 0.0988 e. The monoisotopic (exact) mass is 256 g/mol. The van der Waals surface area contributed by atoms with Gasteiger partial charge in [0.25, 0.3) is 0 Å².